The monoisotopic (exact) mass is 381 g/mol. The Kier molecular flexibility index (Phi) is 3.69. The molecule has 0 saturated carbocycles. The van der Waals surface area contributed by atoms with Crippen LogP contribution >= 0.6 is 0 Å². The Hall–Kier alpha value is -3.97. The first-order valence-corrected chi connectivity index (χ1v) is 10.2. The van der Waals surface area contributed by atoms with E-state index < -0.39 is 0 Å². The van der Waals surface area contributed by atoms with E-state index in [9.17, 15) is 0 Å². The van der Waals surface area contributed by atoms with Gasteiger partial charge in [-0.25, -0.2) is 0 Å². The van der Waals surface area contributed by atoms with Crippen molar-refractivity contribution in [3.63, 3.8) is 0 Å². The van der Waals surface area contributed by atoms with E-state index in [1.165, 1.54) is 43.1 Å². The van der Waals surface area contributed by atoms with E-state index in [1.807, 2.05) is 12.3 Å². The molecule has 0 unspecified atom stereocenters. The molecule has 1 heteroatoms. The molecule has 0 N–H and O–H groups in total. The molecule has 6 aromatic rings. The smallest absolute Gasteiger partial charge is 0.0715 e. The molecule has 6 rings (SSSR count). The van der Waals surface area contributed by atoms with Crippen LogP contribution in [-0.4, -0.2) is 6.21 Å². The molecule has 0 atom stereocenters. The van der Waals surface area contributed by atoms with E-state index >= 15 is 0 Å². The molecule has 0 heterocycles. The van der Waals surface area contributed by atoms with E-state index in [4.69, 9.17) is 4.99 Å². The summed E-state index contributed by atoms with van der Waals surface area (Å²) in [6, 6.07) is 32.3. The minimum atomic E-state index is 1.00. The fraction of sp³-hybridized carbons (Fsp3) is 0. The van der Waals surface area contributed by atoms with Crippen molar-refractivity contribution in [2.75, 3.05) is 0 Å². The second-order valence-corrected chi connectivity index (χ2v) is 7.70. The molecule has 0 aliphatic rings. The molecule has 0 aromatic heterocycles. The van der Waals surface area contributed by atoms with E-state index in [0.717, 1.165) is 16.8 Å². The number of nitrogens with zero attached hydrogens (tertiary/aromatic N) is 1. The van der Waals surface area contributed by atoms with E-state index in [-0.39, 0.29) is 0 Å². The molecule has 0 aliphatic carbocycles. The van der Waals surface area contributed by atoms with Crippen LogP contribution in [0.3, 0.4) is 0 Å². The van der Waals surface area contributed by atoms with Crippen molar-refractivity contribution in [1.29, 1.82) is 0 Å². The predicted octanol–water partition coefficient (Wildman–Crippen LogP) is 8.13. The van der Waals surface area contributed by atoms with Crippen molar-refractivity contribution >= 4 is 61.1 Å². The lowest BCUT2D eigenvalue weighted by atomic mass is 9.89. The fourth-order valence-corrected chi connectivity index (χ4v) is 4.61. The molecule has 0 spiro atoms. The molecule has 0 aliphatic heterocycles. The van der Waals surface area contributed by atoms with Crippen LogP contribution in [-0.2, 0) is 0 Å². The summed E-state index contributed by atoms with van der Waals surface area (Å²) < 4.78 is 0. The topological polar surface area (TPSA) is 12.4 Å². The summed E-state index contributed by atoms with van der Waals surface area (Å²) in [6.45, 7) is 3.82. The van der Waals surface area contributed by atoms with Crippen LogP contribution in [0.2, 0.25) is 0 Å². The van der Waals surface area contributed by atoms with Gasteiger partial charge in [0.1, 0.15) is 0 Å². The molecule has 0 fully saturated rings. The Labute approximate surface area is 174 Å². The van der Waals surface area contributed by atoms with Crippen LogP contribution in [0.4, 0.5) is 5.69 Å². The van der Waals surface area contributed by atoms with Gasteiger partial charge in [-0.05, 0) is 54.9 Å². The van der Waals surface area contributed by atoms with Crippen molar-refractivity contribution in [3.8, 4) is 0 Å². The lowest BCUT2D eigenvalue weighted by Crippen LogP contribution is -1.87. The first kappa shape index (κ1) is 16.9. The van der Waals surface area contributed by atoms with Crippen LogP contribution in [0.25, 0.3) is 49.2 Å². The van der Waals surface area contributed by atoms with Gasteiger partial charge in [0, 0.05) is 11.6 Å². The summed E-state index contributed by atoms with van der Waals surface area (Å²) in [5.74, 6) is 0. The van der Waals surface area contributed by atoms with Crippen molar-refractivity contribution in [2.45, 2.75) is 0 Å². The third kappa shape index (κ3) is 2.46. The zero-order valence-electron chi connectivity index (χ0n) is 16.5. The van der Waals surface area contributed by atoms with Crippen molar-refractivity contribution in [1.82, 2.24) is 0 Å². The van der Waals surface area contributed by atoms with Crippen LogP contribution in [0.5, 0.6) is 0 Å². The Morgan fingerprint density at radius 3 is 1.83 bits per heavy atom. The number of aliphatic imine (C=N–C) groups is 1. The Morgan fingerprint density at radius 1 is 0.533 bits per heavy atom. The quantitative estimate of drug-likeness (QED) is 0.167. The average molecular weight is 381 g/mol. The second-order valence-electron chi connectivity index (χ2n) is 7.70. The summed E-state index contributed by atoms with van der Waals surface area (Å²) in [5.41, 5.74) is 3.20. The van der Waals surface area contributed by atoms with Gasteiger partial charge in [0.05, 0.1) is 5.69 Å². The van der Waals surface area contributed by atoms with Gasteiger partial charge in [-0.2, -0.15) is 0 Å². The average Bonchev–Trinajstić information content (AvgIpc) is 2.81. The van der Waals surface area contributed by atoms with Crippen LogP contribution in [0.1, 0.15) is 11.1 Å². The van der Waals surface area contributed by atoms with Gasteiger partial charge in [0.25, 0.3) is 0 Å². The van der Waals surface area contributed by atoms with E-state index in [1.54, 1.807) is 0 Å². The molecule has 0 amide bonds. The Bertz CT molecular complexity index is 1580. The van der Waals surface area contributed by atoms with Gasteiger partial charge < -0.3 is 0 Å². The van der Waals surface area contributed by atoms with Crippen molar-refractivity contribution < 1.29 is 0 Å². The summed E-state index contributed by atoms with van der Waals surface area (Å²) in [5, 5.41) is 10.2. The first-order chi connectivity index (χ1) is 14.8. The summed E-state index contributed by atoms with van der Waals surface area (Å²) in [7, 11) is 0. The van der Waals surface area contributed by atoms with Crippen molar-refractivity contribution in [2.24, 2.45) is 4.99 Å². The number of hydrogen-bond acceptors (Lipinski definition) is 1. The van der Waals surface area contributed by atoms with E-state index in [2.05, 4.69) is 97.6 Å². The van der Waals surface area contributed by atoms with E-state index in [0.29, 0.717) is 0 Å². The van der Waals surface area contributed by atoms with Gasteiger partial charge in [0.15, 0.2) is 0 Å². The molecule has 6 aromatic carbocycles. The Morgan fingerprint density at radius 2 is 1.13 bits per heavy atom. The zero-order chi connectivity index (χ0) is 20.1. The standard InChI is InChI=1S/C29H19N/c1-2-19-12-14-20(15-13-19)18-30-26-17-16-22-8-4-10-24-23-9-3-6-21-7-5-11-25(27(21)23)29(26)28(22)24/h2-18H,1H2. The molecule has 0 saturated heterocycles. The second kappa shape index (κ2) is 6.53. The van der Waals surface area contributed by atoms with Crippen LogP contribution in [0, 0.1) is 0 Å². The lowest BCUT2D eigenvalue weighted by Gasteiger charge is -2.15. The van der Waals surface area contributed by atoms with Gasteiger partial charge in [-0.1, -0.05) is 97.6 Å². The van der Waals surface area contributed by atoms with Gasteiger partial charge in [-0.3, -0.25) is 4.99 Å². The highest BCUT2D eigenvalue weighted by Gasteiger charge is 2.14. The molecule has 140 valence electrons. The number of fused-ring (bicyclic) bond motifs is 2. The number of rotatable bonds is 3. The molecular formula is C29H19N. The van der Waals surface area contributed by atoms with Crippen LogP contribution < -0.4 is 0 Å². The molecule has 1 nitrogen and oxygen atoms in total. The number of benzene rings is 6. The predicted molar refractivity (Wildman–Crippen MR) is 131 cm³/mol. The van der Waals surface area contributed by atoms with Crippen molar-refractivity contribution in [3.05, 3.63) is 109 Å². The van der Waals surface area contributed by atoms with Gasteiger partial charge in [0.2, 0.25) is 0 Å². The fourth-order valence-electron chi connectivity index (χ4n) is 4.61. The summed E-state index contributed by atoms with van der Waals surface area (Å²) in [6.07, 6.45) is 3.81. The minimum absolute atomic E-state index is 1.00. The molecular weight excluding hydrogens is 362 g/mol. The lowest BCUT2D eigenvalue weighted by molar-refractivity contribution is 1.57. The molecule has 0 bridgehead atoms. The summed E-state index contributed by atoms with van der Waals surface area (Å²) in [4.78, 5) is 4.94. The minimum Gasteiger partial charge on any atom is -0.256 e. The normalized spacial score (nSPS) is 12.0. The summed E-state index contributed by atoms with van der Waals surface area (Å²) >= 11 is 0. The third-order valence-corrected chi connectivity index (χ3v) is 6.01. The zero-order valence-corrected chi connectivity index (χ0v) is 16.5. The molecule has 30 heavy (non-hydrogen) atoms. The first-order valence-electron chi connectivity index (χ1n) is 10.2. The maximum atomic E-state index is 4.94. The van der Waals surface area contributed by atoms with Crippen LogP contribution in [0.15, 0.2) is 103 Å². The SMILES string of the molecule is C=Cc1ccc(C=Nc2ccc3cccc4c5cccc6cccc(c2c34)c65)cc1. The third-order valence-electron chi connectivity index (χ3n) is 6.01. The number of hydrogen-bond donors (Lipinski definition) is 0. The maximum Gasteiger partial charge on any atom is 0.0715 e. The van der Waals surface area contributed by atoms with Gasteiger partial charge >= 0.3 is 0 Å². The maximum absolute atomic E-state index is 4.94. The highest BCUT2D eigenvalue weighted by Crippen LogP contribution is 2.43. The molecule has 0 radical (unpaired) electrons. The Balaban J connectivity index is 1.69. The highest BCUT2D eigenvalue weighted by atomic mass is 14.7. The largest absolute Gasteiger partial charge is 0.256 e. The highest BCUT2D eigenvalue weighted by molar-refractivity contribution is 6.35. The van der Waals surface area contributed by atoms with Gasteiger partial charge in [-0.15, -0.1) is 0 Å².